The van der Waals surface area contributed by atoms with Crippen molar-refractivity contribution >= 4 is 16.8 Å². The second kappa shape index (κ2) is 6.64. The van der Waals surface area contributed by atoms with E-state index in [0.29, 0.717) is 17.7 Å². The molecule has 1 aromatic heterocycles. The topological polar surface area (TPSA) is 52.2 Å². The van der Waals surface area contributed by atoms with Gasteiger partial charge in [0.1, 0.15) is 0 Å². The van der Waals surface area contributed by atoms with Crippen LogP contribution in [-0.2, 0) is 0 Å². The average Bonchev–Trinajstić information content (AvgIpc) is 2.82. The molecule has 132 valence electrons. The van der Waals surface area contributed by atoms with Gasteiger partial charge in [-0.3, -0.25) is 14.8 Å². The van der Waals surface area contributed by atoms with E-state index in [2.05, 4.69) is 35.0 Å². The molecule has 5 nitrogen and oxygen atoms in total. The Kier molecular flexibility index (Phi) is 4.34. The third kappa shape index (κ3) is 3.21. The van der Waals surface area contributed by atoms with E-state index in [1.54, 1.807) is 0 Å². The number of hydrogen-bond donors (Lipinski definition) is 1. The summed E-state index contributed by atoms with van der Waals surface area (Å²) in [5.41, 5.74) is 2.85. The molecule has 2 atom stereocenters. The maximum absolute atomic E-state index is 13.1. The molecule has 0 spiro atoms. The minimum absolute atomic E-state index is 0.0680. The molecular formula is C20H26N4O. The molecule has 5 rings (SSSR count). The number of para-hydroxylation sites is 1. The van der Waals surface area contributed by atoms with E-state index in [0.717, 1.165) is 37.1 Å². The number of nitrogens with zero attached hydrogens (tertiary/aromatic N) is 3. The van der Waals surface area contributed by atoms with E-state index in [-0.39, 0.29) is 5.91 Å². The lowest BCUT2D eigenvalue weighted by atomic mass is 9.95. The van der Waals surface area contributed by atoms with Crippen molar-refractivity contribution in [3.05, 3.63) is 41.6 Å². The summed E-state index contributed by atoms with van der Waals surface area (Å²) in [6, 6.07) is 8.32. The summed E-state index contributed by atoms with van der Waals surface area (Å²) in [5.74, 6) is 0.636. The quantitative estimate of drug-likeness (QED) is 0.875. The van der Waals surface area contributed by atoms with Crippen LogP contribution in [0.5, 0.6) is 0 Å². The Labute approximate surface area is 148 Å². The summed E-state index contributed by atoms with van der Waals surface area (Å²) in [6.45, 7) is 8.05. The highest BCUT2D eigenvalue weighted by molar-refractivity contribution is 6.04. The Morgan fingerprint density at radius 2 is 2.08 bits per heavy atom. The predicted molar refractivity (Wildman–Crippen MR) is 99.5 cm³/mol. The number of piperidine rings is 1. The van der Waals surface area contributed by atoms with Crippen LogP contribution in [0.15, 0.2) is 35.9 Å². The molecule has 1 aromatic carbocycles. The van der Waals surface area contributed by atoms with Crippen molar-refractivity contribution < 1.29 is 4.79 Å². The van der Waals surface area contributed by atoms with Crippen molar-refractivity contribution in [2.24, 2.45) is 5.92 Å². The van der Waals surface area contributed by atoms with Crippen molar-refractivity contribution in [1.29, 1.82) is 0 Å². The summed E-state index contributed by atoms with van der Waals surface area (Å²) in [4.78, 5) is 17.7. The molecule has 25 heavy (non-hydrogen) atoms. The number of rotatable bonds is 3. The van der Waals surface area contributed by atoms with Gasteiger partial charge in [-0.05, 0) is 38.7 Å². The second-order valence-electron chi connectivity index (χ2n) is 7.66. The Morgan fingerprint density at radius 3 is 2.92 bits per heavy atom. The molecule has 0 saturated carbocycles. The van der Waals surface area contributed by atoms with Gasteiger partial charge in [-0.1, -0.05) is 29.8 Å². The fourth-order valence-corrected chi connectivity index (χ4v) is 4.14. The molecule has 2 aromatic rings. The molecule has 3 fully saturated rings. The predicted octanol–water partition coefficient (Wildman–Crippen LogP) is 3.07. The van der Waals surface area contributed by atoms with Crippen LogP contribution in [0, 0.1) is 5.92 Å². The molecule has 3 aliphatic heterocycles. The minimum atomic E-state index is 0.0680. The molecule has 0 aliphatic carbocycles. The van der Waals surface area contributed by atoms with Gasteiger partial charge in [-0.25, -0.2) is 0 Å². The minimum Gasteiger partial charge on any atom is -0.335 e. The summed E-state index contributed by atoms with van der Waals surface area (Å²) in [6.07, 6.45) is 4.71. The summed E-state index contributed by atoms with van der Waals surface area (Å²) < 4.78 is 0. The van der Waals surface area contributed by atoms with Crippen LogP contribution in [-0.4, -0.2) is 58.1 Å². The molecule has 4 heterocycles. The zero-order chi connectivity index (χ0) is 17.4. The van der Waals surface area contributed by atoms with E-state index in [4.69, 9.17) is 0 Å². The molecule has 2 bridgehead atoms. The van der Waals surface area contributed by atoms with Crippen LogP contribution in [0.25, 0.3) is 10.9 Å². The van der Waals surface area contributed by atoms with Crippen molar-refractivity contribution in [1.82, 2.24) is 20.0 Å². The Hall–Kier alpha value is -2.14. The van der Waals surface area contributed by atoms with Gasteiger partial charge in [0.05, 0.1) is 5.52 Å². The number of benzene rings is 1. The first-order chi connectivity index (χ1) is 12.1. The first-order valence-electron chi connectivity index (χ1n) is 9.21. The SMILES string of the molecule is CC(C)=CCN1C[C@H]2CC[C@@H]1CN(C(=O)c1n[nH]c3ccccc13)C2. The number of aromatic amines is 1. The number of hydrogen-bond acceptors (Lipinski definition) is 3. The molecule has 1 N–H and O–H groups in total. The van der Waals surface area contributed by atoms with Crippen LogP contribution >= 0.6 is 0 Å². The monoisotopic (exact) mass is 338 g/mol. The van der Waals surface area contributed by atoms with Crippen LogP contribution in [0.2, 0.25) is 0 Å². The van der Waals surface area contributed by atoms with E-state index >= 15 is 0 Å². The number of H-pyrrole nitrogens is 1. The zero-order valence-electron chi connectivity index (χ0n) is 15.0. The largest absolute Gasteiger partial charge is 0.335 e. The van der Waals surface area contributed by atoms with E-state index in [1.807, 2.05) is 29.2 Å². The van der Waals surface area contributed by atoms with Crippen molar-refractivity contribution in [3.8, 4) is 0 Å². The third-order valence-electron chi connectivity index (χ3n) is 5.52. The van der Waals surface area contributed by atoms with Crippen LogP contribution in [0.3, 0.4) is 0 Å². The number of carbonyl (C=O) groups excluding carboxylic acids is 1. The lowest BCUT2D eigenvalue weighted by Gasteiger charge is -2.35. The highest BCUT2D eigenvalue weighted by Crippen LogP contribution is 2.29. The first kappa shape index (κ1) is 16.3. The standard InChI is InChI=1S/C20H26N4O/c1-14(2)9-10-23-11-15-7-8-16(23)13-24(12-15)20(25)19-17-5-3-4-6-18(17)21-22-19/h3-6,9,15-16H,7-8,10-13H2,1-2H3,(H,21,22)/t15-,16-/m1/s1. The maximum Gasteiger partial charge on any atom is 0.275 e. The number of nitrogens with one attached hydrogen (secondary N) is 1. The van der Waals surface area contributed by atoms with E-state index < -0.39 is 0 Å². The van der Waals surface area contributed by atoms with Gasteiger partial charge < -0.3 is 4.90 Å². The number of fused-ring (bicyclic) bond motifs is 5. The Bertz CT molecular complexity index is 805. The number of aromatic nitrogens is 2. The molecule has 5 heteroatoms. The molecule has 3 aliphatic rings. The van der Waals surface area contributed by atoms with Gasteiger partial charge in [-0.15, -0.1) is 0 Å². The summed E-state index contributed by atoms with van der Waals surface area (Å²) in [7, 11) is 0. The fraction of sp³-hybridized carbons (Fsp3) is 0.500. The average molecular weight is 338 g/mol. The van der Waals surface area contributed by atoms with Gasteiger partial charge in [0, 0.05) is 37.6 Å². The second-order valence-corrected chi connectivity index (χ2v) is 7.66. The fourth-order valence-electron chi connectivity index (χ4n) is 4.14. The molecule has 0 unspecified atom stereocenters. The molecule has 1 amide bonds. The number of carbonyl (C=O) groups is 1. The van der Waals surface area contributed by atoms with Gasteiger partial charge >= 0.3 is 0 Å². The third-order valence-corrected chi connectivity index (χ3v) is 5.52. The van der Waals surface area contributed by atoms with E-state index in [1.165, 1.54) is 18.4 Å². The zero-order valence-corrected chi connectivity index (χ0v) is 15.0. The highest BCUT2D eigenvalue weighted by atomic mass is 16.2. The molecular weight excluding hydrogens is 312 g/mol. The van der Waals surface area contributed by atoms with Crippen molar-refractivity contribution in [2.45, 2.75) is 32.7 Å². The lowest BCUT2D eigenvalue weighted by molar-refractivity contribution is 0.0736. The Morgan fingerprint density at radius 1 is 1.24 bits per heavy atom. The van der Waals surface area contributed by atoms with Gasteiger partial charge in [0.25, 0.3) is 5.91 Å². The van der Waals surface area contributed by atoms with Gasteiger partial charge in [0.2, 0.25) is 0 Å². The summed E-state index contributed by atoms with van der Waals surface area (Å²) in [5, 5.41) is 8.22. The first-order valence-corrected chi connectivity index (χ1v) is 9.21. The van der Waals surface area contributed by atoms with Gasteiger partial charge in [0.15, 0.2) is 5.69 Å². The normalized spacial score (nSPS) is 23.7. The summed E-state index contributed by atoms with van der Waals surface area (Å²) >= 11 is 0. The Balaban J connectivity index is 1.55. The van der Waals surface area contributed by atoms with Crippen LogP contribution in [0.4, 0.5) is 0 Å². The molecule has 3 saturated heterocycles. The van der Waals surface area contributed by atoms with Crippen LogP contribution in [0.1, 0.15) is 37.2 Å². The van der Waals surface area contributed by atoms with Gasteiger partial charge in [-0.2, -0.15) is 5.10 Å². The van der Waals surface area contributed by atoms with Crippen molar-refractivity contribution in [3.63, 3.8) is 0 Å². The van der Waals surface area contributed by atoms with Crippen molar-refractivity contribution in [2.75, 3.05) is 26.2 Å². The molecule has 0 radical (unpaired) electrons. The lowest BCUT2D eigenvalue weighted by Crippen LogP contribution is -2.44. The number of amides is 1. The smallest absolute Gasteiger partial charge is 0.275 e. The van der Waals surface area contributed by atoms with Crippen LogP contribution < -0.4 is 0 Å². The maximum atomic E-state index is 13.1. The highest BCUT2D eigenvalue weighted by Gasteiger charge is 2.36. The van der Waals surface area contributed by atoms with E-state index in [9.17, 15) is 4.79 Å². The number of allylic oxidation sites excluding steroid dienone is 1.